The topological polar surface area (TPSA) is 47.8 Å². The van der Waals surface area contributed by atoms with Crippen LogP contribution in [0.2, 0.25) is 5.15 Å². The molecule has 4 nitrogen and oxygen atoms in total. The first-order chi connectivity index (χ1) is 8.08. The molecule has 17 heavy (non-hydrogen) atoms. The van der Waals surface area contributed by atoms with Crippen LogP contribution in [0.15, 0.2) is 38.5 Å². The zero-order valence-corrected chi connectivity index (χ0v) is 12.3. The monoisotopic (exact) mass is 377 g/mol. The molecule has 0 amide bonds. The van der Waals surface area contributed by atoms with Crippen molar-refractivity contribution in [3.63, 3.8) is 0 Å². The summed E-state index contributed by atoms with van der Waals surface area (Å²) in [5.41, 5.74) is 0.683. The van der Waals surface area contributed by atoms with Crippen molar-refractivity contribution < 1.29 is 0 Å². The molecule has 0 fully saturated rings. The van der Waals surface area contributed by atoms with Crippen LogP contribution in [-0.4, -0.2) is 14.5 Å². The lowest BCUT2D eigenvalue weighted by atomic mass is 10.3. The SMILES string of the molecule is O=c1c(Br)c(Cl)ncn1Cc1cncc(Br)c1. The molecule has 0 spiro atoms. The van der Waals surface area contributed by atoms with E-state index in [4.69, 9.17) is 11.6 Å². The van der Waals surface area contributed by atoms with Crippen molar-refractivity contribution in [3.8, 4) is 0 Å². The third kappa shape index (κ3) is 2.94. The van der Waals surface area contributed by atoms with Crippen molar-refractivity contribution in [2.45, 2.75) is 6.54 Å². The van der Waals surface area contributed by atoms with E-state index in [1.165, 1.54) is 10.9 Å². The average Bonchev–Trinajstić information content (AvgIpc) is 2.30. The average molecular weight is 379 g/mol. The number of rotatable bonds is 2. The van der Waals surface area contributed by atoms with Crippen molar-refractivity contribution in [1.82, 2.24) is 14.5 Å². The molecule has 0 N–H and O–H groups in total. The number of hydrogen-bond donors (Lipinski definition) is 0. The van der Waals surface area contributed by atoms with E-state index in [-0.39, 0.29) is 15.2 Å². The highest BCUT2D eigenvalue weighted by molar-refractivity contribution is 9.10. The molecule has 0 unspecified atom stereocenters. The van der Waals surface area contributed by atoms with Crippen LogP contribution in [0.4, 0.5) is 0 Å². The quantitative estimate of drug-likeness (QED) is 0.754. The molecule has 2 aromatic rings. The summed E-state index contributed by atoms with van der Waals surface area (Å²) >= 11 is 12.2. The molecule has 2 rings (SSSR count). The molecule has 2 heterocycles. The van der Waals surface area contributed by atoms with Gasteiger partial charge in [0, 0.05) is 16.9 Å². The van der Waals surface area contributed by atoms with Gasteiger partial charge in [-0.3, -0.25) is 14.3 Å². The van der Waals surface area contributed by atoms with Crippen LogP contribution in [0, 0.1) is 0 Å². The summed E-state index contributed by atoms with van der Waals surface area (Å²) in [7, 11) is 0. The summed E-state index contributed by atoms with van der Waals surface area (Å²) < 4.78 is 2.59. The minimum atomic E-state index is -0.218. The number of aromatic nitrogens is 3. The van der Waals surface area contributed by atoms with E-state index in [2.05, 4.69) is 41.8 Å². The van der Waals surface area contributed by atoms with Gasteiger partial charge in [0.15, 0.2) is 5.15 Å². The van der Waals surface area contributed by atoms with E-state index in [0.29, 0.717) is 6.54 Å². The largest absolute Gasteiger partial charge is 0.294 e. The van der Waals surface area contributed by atoms with Crippen LogP contribution in [0.3, 0.4) is 0 Å². The summed E-state index contributed by atoms with van der Waals surface area (Å²) in [6, 6.07) is 1.89. The molecule has 0 aliphatic carbocycles. The van der Waals surface area contributed by atoms with E-state index >= 15 is 0 Å². The molecule has 7 heteroatoms. The second-order valence-corrected chi connectivity index (χ2v) is 5.36. The fourth-order valence-corrected chi connectivity index (χ4v) is 2.16. The highest BCUT2D eigenvalue weighted by Crippen LogP contribution is 2.15. The summed E-state index contributed by atoms with van der Waals surface area (Å²) in [5.74, 6) is 0. The number of halogens is 3. The molecule has 0 radical (unpaired) electrons. The van der Waals surface area contributed by atoms with Crippen LogP contribution in [0.25, 0.3) is 0 Å². The predicted molar refractivity (Wildman–Crippen MR) is 72.2 cm³/mol. The lowest BCUT2D eigenvalue weighted by Crippen LogP contribution is -2.21. The number of pyridine rings is 1. The van der Waals surface area contributed by atoms with Gasteiger partial charge in [-0.1, -0.05) is 11.6 Å². The van der Waals surface area contributed by atoms with Gasteiger partial charge in [0.1, 0.15) is 4.47 Å². The van der Waals surface area contributed by atoms with Gasteiger partial charge >= 0.3 is 0 Å². The molecular formula is C10H6Br2ClN3O. The Labute approximate surface area is 119 Å². The second-order valence-electron chi connectivity index (χ2n) is 3.29. The molecular weight excluding hydrogens is 373 g/mol. The molecule has 2 aromatic heterocycles. The second kappa shape index (κ2) is 5.29. The molecule has 0 aromatic carbocycles. The van der Waals surface area contributed by atoms with E-state index < -0.39 is 0 Å². The molecule has 0 aliphatic heterocycles. The van der Waals surface area contributed by atoms with Gasteiger partial charge in [-0.2, -0.15) is 0 Å². The first-order valence-electron chi connectivity index (χ1n) is 4.58. The van der Waals surface area contributed by atoms with Crippen LogP contribution >= 0.6 is 43.5 Å². The molecule has 88 valence electrons. The Morgan fingerprint density at radius 2 is 2.12 bits per heavy atom. The Morgan fingerprint density at radius 3 is 2.82 bits per heavy atom. The van der Waals surface area contributed by atoms with E-state index in [1.807, 2.05) is 6.07 Å². The maximum Gasteiger partial charge on any atom is 0.269 e. The standard InChI is InChI=1S/C10H6Br2ClN3O/c11-7-1-6(2-14-3-7)4-16-5-15-9(13)8(12)10(16)17/h1-3,5H,4H2. The van der Waals surface area contributed by atoms with Crippen LogP contribution in [0.5, 0.6) is 0 Å². The van der Waals surface area contributed by atoms with Gasteiger partial charge < -0.3 is 0 Å². The first kappa shape index (κ1) is 12.7. The van der Waals surface area contributed by atoms with E-state index in [1.54, 1.807) is 12.4 Å². The first-order valence-corrected chi connectivity index (χ1v) is 6.54. The van der Waals surface area contributed by atoms with Crippen molar-refractivity contribution in [1.29, 1.82) is 0 Å². The van der Waals surface area contributed by atoms with Crippen molar-refractivity contribution >= 4 is 43.5 Å². The summed E-state index contributed by atoms with van der Waals surface area (Å²) in [6.45, 7) is 0.397. The van der Waals surface area contributed by atoms with Gasteiger partial charge in [0.25, 0.3) is 5.56 Å². The van der Waals surface area contributed by atoms with E-state index in [9.17, 15) is 4.79 Å². The fourth-order valence-electron chi connectivity index (χ4n) is 1.30. The minimum absolute atomic E-state index is 0.165. The minimum Gasteiger partial charge on any atom is -0.294 e. The highest BCUT2D eigenvalue weighted by Gasteiger charge is 2.07. The lowest BCUT2D eigenvalue weighted by Gasteiger charge is -2.06. The Morgan fingerprint density at radius 1 is 1.35 bits per heavy atom. The number of hydrogen-bond acceptors (Lipinski definition) is 3. The maximum absolute atomic E-state index is 11.8. The molecule has 0 saturated carbocycles. The van der Waals surface area contributed by atoms with Crippen molar-refractivity contribution in [2.24, 2.45) is 0 Å². The Hall–Kier alpha value is -0.720. The van der Waals surface area contributed by atoms with Crippen LogP contribution < -0.4 is 5.56 Å². The summed E-state index contributed by atoms with van der Waals surface area (Å²) in [5, 5.41) is 0.165. The predicted octanol–water partition coefficient (Wildman–Crippen LogP) is 2.87. The molecule has 0 atom stereocenters. The van der Waals surface area contributed by atoms with Gasteiger partial charge in [0.2, 0.25) is 0 Å². The van der Waals surface area contributed by atoms with Gasteiger partial charge in [-0.05, 0) is 43.5 Å². The van der Waals surface area contributed by atoms with Gasteiger partial charge in [-0.15, -0.1) is 0 Å². The lowest BCUT2D eigenvalue weighted by molar-refractivity contribution is 0.728. The zero-order chi connectivity index (χ0) is 12.4. The van der Waals surface area contributed by atoms with Gasteiger partial charge in [-0.25, -0.2) is 4.98 Å². The van der Waals surface area contributed by atoms with Crippen LogP contribution in [-0.2, 0) is 6.54 Å². The Kier molecular flexibility index (Phi) is 3.96. The molecule has 0 bridgehead atoms. The molecule has 0 saturated heterocycles. The third-order valence-electron chi connectivity index (χ3n) is 2.05. The smallest absolute Gasteiger partial charge is 0.269 e. The number of nitrogens with zero attached hydrogens (tertiary/aromatic N) is 3. The van der Waals surface area contributed by atoms with E-state index in [0.717, 1.165) is 10.0 Å². The van der Waals surface area contributed by atoms with Crippen LogP contribution in [0.1, 0.15) is 5.56 Å². The Bertz CT molecular complexity index is 615. The summed E-state index contributed by atoms with van der Waals surface area (Å²) in [6.07, 6.45) is 4.79. The van der Waals surface area contributed by atoms with Crippen molar-refractivity contribution in [2.75, 3.05) is 0 Å². The summed E-state index contributed by atoms with van der Waals surface area (Å²) in [4.78, 5) is 19.8. The van der Waals surface area contributed by atoms with Crippen molar-refractivity contribution in [3.05, 3.63) is 54.8 Å². The maximum atomic E-state index is 11.8. The third-order valence-corrected chi connectivity index (χ3v) is 3.72. The molecule has 0 aliphatic rings. The normalized spacial score (nSPS) is 10.5. The Balaban J connectivity index is 2.37. The fraction of sp³-hybridized carbons (Fsp3) is 0.100. The van der Waals surface area contributed by atoms with Gasteiger partial charge in [0.05, 0.1) is 12.9 Å². The highest BCUT2D eigenvalue weighted by atomic mass is 79.9. The zero-order valence-electron chi connectivity index (χ0n) is 8.40.